The molecular weight excluding hydrogens is 290 g/mol. The van der Waals surface area contributed by atoms with Crippen LogP contribution < -0.4 is 0 Å². The number of ketones is 1. The first-order chi connectivity index (χ1) is 10.6. The number of carbonyl (C=O) groups is 2. The fourth-order valence-corrected chi connectivity index (χ4v) is 1.61. The molecule has 2 aromatic rings. The Kier molecular flexibility index (Phi) is 4.99. The zero-order valence-electron chi connectivity index (χ0n) is 11.3. The van der Waals surface area contributed by atoms with Crippen LogP contribution >= 0.6 is 0 Å². The summed E-state index contributed by atoms with van der Waals surface area (Å²) in [6, 6.07) is 11.0. The van der Waals surface area contributed by atoms with Crippen LogP contribution in [0.5, 0.6) is 0 Å². The predicted octanol–water partition coefficient (Wildman–Crippen LogP) is 2.74. The van der Waals surface area contributed by atoms with Crippen molar-refractivity contribution >= 4 is 11.8 Å². The lowest BCUT2D eigenvalue weighted by molar-refractivity contribution is -0.135. The molecule has 0 aliphatic heterocycles. The third-order valence-corrected chi connectivity index (χ3v) is 2.68. The quantitative estimate of drug-likeness (QED) is 0.497. The average molecular weight is 300 g/mol. The number of rotatable bonds is 3. The standard InChI is InChI=1S/C17H10F2O3/c18-14-7-3-1-5-12(14)9-10-17(21)22-11-16(20)13-6-2-4-8-15(13)19/h1-8H,11H2. The lowest BCUT2D eigenvalue weighted by atomic mass is 10.1. The van der Waals surface area contributed by atoms with Crippen LogP contribution in [0.2, 0.25) is 0 Å². The highest BCUT2D eigenvalue weighted by Gasteiger charge is 2.12. The van der Waals surface area contributed by atoms with E-state index >= 15 is 0 Å². The molecule has 0 amide bonds. The van der Waals surface area contributed by atoms with E-state index in [1.54, 1.807) is 6.07 Å². The van der Waals surface area contributed by atoms with Gasteiger partial charge in [0.05, 0.1) is 11.1 Å². The van der Waals surface area contributed by atoms with E-state index in [0.717, 1.165) is 6.07 Å². The van der Waals surface area contributed by atoms with Crippen molar-refractivity contribution in [2.45, 2.75) is 0 Å². The summed E-state index contributed by atoms with van der Waals surface area (Å²) in [5, 5.41) is 0. The van der Waals surface area contributed by atoms with Crippen LogP contribution in [-0.4, -0.2) is 18.4 Å². The molecule has 22 heavy (non-hydrogen) atoms. The molecule has 0 bridgehead atoms. The van der Waals surface area contributed by atoms with Crippen molar-refractivity contribution in [2.24, 2.45) is 0 Å². The van der Waals surface area contributed by atoms with E-state index in [9.17, 15) is 18.4 Å². The third kappa shape index (κ3) is 4.00. The van der Waals surface area contributed by atoms with E-state index in [-0.39, 0.29) is 11.1 Å². The Bertz CT molecular complexity index is 773. The summed E-state index contributed by atoms with van der Waals surface area (Å²) in [6.07, 6.45) is 0. The lowest BCUT2D eigenvalue weighted by Crippen LogP contribution is -2.14. The van der Waals surface area contributed by atoms with Crippen molar-refractivity contribution in [3.63, 3.8) is 0 Å². The van der Waals surface area contributed by atoms with Gasteiger partial charge in [0.15, 0.2) is 6.61 Å². The maximum absolute atomic E-state index is 13.3. The number of ether oxygens (including phenoxy) is 1. The summed E-state index contributed by atoms with van der Waals surface area (Å²) in [5.74, 6) is 1.43. The Labute approximate surface area is 125 Å². The van der Waals surface area contributed by atoms with E-state index in [4.69, 9.17) is 0 Å². The monoisotopic (exact) mass is 300 g/mol. The van der Waals surface area contributed by atoms with Gasteiger partial charge in [0.1, 0.15) is 11.6 Å². The molecule has 2 aromatic carbocycles. The molecule has 0 N–H and O–H groups in total. The molecule has 0 aromatic heterocycles. The van der Waals surface area contributed by atoms with Crippen LogP contribution in [0.1, 0.15) is 15.9 Å². The summed E-state index contributed by atoms with van der Waals surface area (Å²) in [7, 11) is 0. The van der Waals surface area contributed by atoms with Gasteiger partial charge in [0.25, 0.3) is 0 Å². The van der Waals surface area contributed by atoms with Gasteiger partial charge in [-0.3, -0.25) is 4.79 Å². The first kappa shape index (κ1) is 15.4. The highest BCUT2D eigenvalue weighted by Crippen LogP contribution is 2.07. The van der Waals surface area contributed by atoms with Crippen molar-refractivity contribution in [1.82, 2.24) is 0 Å². The molecule has 0 aliphatic rings. The topological polar surface area (TPSA) is 43.4 Å². The Morgan fingerprint density at radius 1 is 0.955 bits per heavy atom. The number of carbonyl (C=O) groups excluding carboxylic acids is 2. The van der Waals surface area contributed by atoms with Crippen molar-refractivity contribution in [3.05, 3.63) is 71.3 Å². The number of hydrogen-bond acceptors (Lipinski definition) is 3. The molecule has 2 rings (SSSR count). The van der Waals surface area contributed by atoms with Gasteiger partial charge in [0, 0.05) is 5.92 Å². The molecule has 0 atom stereocenters. The average Bonchev–Trinajstić information content (AvgIpc) is 2.52. The van der Waals surface area contributed by atoms with Crippen molar-refractivity contribution in [1.29, 1.82) is 0 Å². The minimum atomic E-state index is -0.993. The number of benzene rings is 2. The van der Waals surface area contributed by atoms with Crippen LogP contribution in [0.15, 0.2) is 48.5 Å². The molecule has 0 heterocycles. The molecule has 0 spiro atoms. The molecule has 0 fully saturated rings. The van der Waals surface area contributed by atoms with Gasteiger partial charge in [-0.1, -0.05) is 30.2 Å². The van der Waals surface area contributed by atoms with E-state index in [1.807, 2.05) is 0 Å². The Morgan fingerprint density at radius 2 is 1.59 bits per heavy atom. The Balaban J connectivity index is 1.96. The first-order valence-corrected chi connectivity index (χ1v) is 6.29. The summed E-state index contributed by atoms with van der Waals surface area (Å²) < 4.78 is 31.2. The van der Waals surface area contributed by atoms with E-state index < -0.39 is 30.0 Å². The fraction of sp³-hybridized carbons (Fsp3) is 0.0588. The second kappa shape index (κ2) is 7.14. The minimum absolute atomic E-state index is 0.0416. The largest absolute Gasteiger partial charge is 0.448 e. The molecule has 0 unspecified atom stereocenters. The molecule has 0 aliphatic carbocycles. The molecule has 3 nitrogen and oxygen atoms in total. The highest BCUT2D eigenvalue weighted by molar-refractivity contribution is 5.99. The maximum Gasteiger partial charge on any atom is 0.385 e. The van der Waals surface area contributed by atoms with E-state index in [0.29, 0.717) is 0 Å². The van der Waals surface area contributed by atoms with Crippen LogP contribution in [0, 0.1) is 23.5 Å². The minimum Gasteiger partial charge on any atom is -0.448 e. The number of esters is 1. The molecule has 0 saturated carbocycles. The number of halogens is 2. The van der Waals surface area contributed by atoms with E-state index in [1.165, 1.54) is 36.4 Å². The van der Waals surface area contributed by atoms with Crippen LogP contribution in [-0.2, 0) is 9.53 Å². The zero-order chi connectivity index (χ0) is 15.9. The fourth-order valence-electron chi connectivity index (χ4n) is 1.61. The molecule has 0 radical (unpaired) electrons. The lowest BCUT2D eigenvalue weighted by Gasteiger charge is -2.01. The predicted molar refractivity (Wildman–Crippen MR) is 75.0 cm³/mol. The summed E-state index contributed by atoms with van der Waals surface area (Å²) in [5.41, 5.74) is -0.128. The van der Waals surface area contributed by atoms with Gasteiger partial charge in [-0.15, -0.1) is 0 Å². The normalized spacial score (nSPS) is 9.55. The summed E-state index contributed by atoms with van der Waals surface area (Å²) in [4.78, 5) is 23.1. The first-order valence-electron chi connectivity index (χ1n) is 6.29. The molecular formula is C17H10F2O3. The number of hydrogen-bond donors (Lipinski definition) is 0. The molecule has 5 heteroatoms. The second-order valence-corrected chi connectivity index (χ2v) is 4.21. The molecule has 0 saturated heterocycles. The molecule has 110 valence electrons. The van der Waals surface area contributed by atoms with Gasteiger partial charge in [-0.25, -0.2) is 13.6 Å². The highest BCUT2D eigenvalue weighted by atomic mass is 19.1. The SMILES string of the molecule is O=C(C#Cc1ccccc1F)OCC(=O)c1ccccc1F. The maximum atomic E-state index is 13.3. The van der Waals surface area contributed by atoms with Gasteiger partial charge in [-0.2, -0.15) is 0 Å². The van der Waals surface area contributed by atoms with Crippen LogP contribution in [0.4, 0.5) is 8.78 Å². The zero-order valence-corrected chi connectivity index (χ0v) is 11.3. The summed E-state index contributed by atoms with van der Waals surface area (Å²) in [6.45, 7) is -0.633. The van der Waals surface area contributed by atoms with Gasteiger partial charge >= 0.3 is 5.97 Å². The third-order valence-electron chi connectivity index (χ3n) is 2.68. The van der Waals surface area contributed by atoms with Gasteiger partial charge in [-0.05, 0) is 24.3 Å². The van der Waals surface area contributed by atoms with Crippen molar-refractivity contribution < 1.29 is 23.1 Å². The number of Topliss-reactive ketones (excluding diaryl/α,β-unsaturated/α-hetero) is 1. The second-order valence-electron chi connectivity index (χ2n) is 4.21. The smallest absolute Gasteiger partial charge is 0.385 e. The van der Waals surface area contributed by atoms with Crippen LogP contribution in [0.25, 0.3) is 0 Å². The summed E-state index contributed by atoms with van der Waals surface area (Å²) >= 11 is 0. The van der Waals surface area contributed by atoms with Crippen LogP contribution in [0.3, 0.4) is 0 Å². The van der Waals surface area contributed by atoms with Crippen molar-refractivity contribution in [3.8, 4) is 11.8 Å². The Hall–Kier alpha value is -3.00. The van der Waals surface area contributed by atoms with Gasteiger partial charge in [0.2, 0.25) is 5.78 Å². The van der Waals surface area contributed by atoms with E-state index in [2.05, 4.69) is 16.6 Å². The Morgan fingerprint density at radius 3 is 2.27 bits per heavy atom. The van der Waals surface area contributed by atoms with Gasteiger partial charge < -0.3 is 4.74 Å². The van der Waals surface area contributed by atoms with Crippen molar-refractivity contribution in [2.75, 3.05) is 6.61 Å².